The molecule has 156 valence electrons. The molecule has 1 aliphatic heterocycles. The maximum Gasteiger partial charge on any atom is 0.319 e. The van der Waals surface area contributed by atoms with Gasteiger partial charge in [0.05, 0.1) is 25.2 Å². The number of nitrogens with zero attached hydrogens (tertiary/aromatic N) is 3. The molecule has 29 heavy (non-hydrogen) atoms. The van der Waals surface area contributed by atoms with Crippen LogP contribution in [0.25, 0.3) is 0 Å². The minimum Gasteiger partial charge on any atom is -0.495 e. The summed E-state index contributed by atoms with van der Waals surface area (Å²) >= 11 is 0. The molecule has 1 fully saturated rings. The second kappa shape index (κ2) is 8.55. The van der Waals surface area contributed by atoms with Crippen molar-refractivity contribution in [2.75, 3.05) is 23.9 Å². The van der Waals surface area contributed by atoms with Crippen LogP contribution in [0.2, 0.25) is 0 Å². The van der Waals surface area contributed by atoms with Crippen molar-refractivity contribution >= 4 is 23.3 Å². The number of imidazole rings is 1. The van der Waals surface area contributed by atoms with Crippen molar-refractivity contribution in [1.82, 2.24) is 14.9 Å². The number of aromatic nitrogens is 2. The average molecular weight is 399 g/mol. The molecule has 3 rings (SSSR count). The molecule has 2 N–H and O–H groups in total. The lowest BCUT2D eigenvalue weighted by atomic mass is 9.86. The van der Waals surface area contributed by atoms with Crippen LogP contribution < -0.4 is 20.3 Å². The van der Waals surface area contributed by atoms with Crippen molar-refractivity contribution in [2.45, 2.75) is 46.2 Å². The molecule has 1 saturated heterocycles. The van der Waals surface area contributed by atoms with Crippen molar-refractivity contribution < 1.29 is 14.3 Å². The third-order valence-corrected chi connectivity index (χ3v) is 5.10. The maximum atomic E-state index is 12.7. The van der Waals surface area contributed by atoms with Gasteiger partial charge < -0.3 is 24.8 Å². The van der Waals surface area contributed by atoms with Gasteiger partial charge in [0.25, 0.3) is 0 Å². The molecular weight excluding hydrogens is 370 g/mol. The van der Waals surface area contributed by atoms with Crippen LogP contribution in [0, 0.1) is 5.41 Å². The first kappa shape index (κ1) is 20.7. The number of carbonyl (C=O) groups is 2. The first-order chi connectivity index (χ1) is 13.8. The molecule has 0 radical (unpaired) electrons. The Morgan fingerprint density at radius 3 is 2.72 bits per heavy atom. The number of nitrogens with one attached hydrogen (secondary N) is 2. The predicted octanol–water partition coefficient (Wildman–Crippen LogP) is 3.25. The van der Waals surface area contributed by atoms with Crippen molar-refractivity contribution in [2.24, 2.45) is 5.41 Å². The van der Waals surface area contributed by atoms with Crippen LogP contribution in [0.4, 0.5) is 16.2 Å². The van der Waals surface area contributed by atoms with Gasteiger partial charge in [-0.15, -0.1) is 0 Å². The Morgan fingerprint density at radius 2 is 2.14 bits per heavy atom. The molecule has 8 nitrogen and oxygen atoms in total. The van der Waals surface area contributed by atoms with E-state index in [1.807, 2.05) is 10.8 Å². The number of ether oxygens (including phenoxy) is 1. The van der Waals surface area contributed by atoms with E-state index in [1.165, 1.54) is 0 Å². The number of amides is 3. The van der Waals surface area contributed by atoms with Crippen molar-refractivity contribution in [3.05, 3.63) is 36.9 Å². The molecule has 0 saturated carbocycles. The highest BCUT2D eigenvalue weighted by Crippen LogP contribution is 2.34. The predicted molar refractivity (Wildman–Crippen MR) is 112 cm³/mol. The minimum atomic E-state index is -0.297. The zero-order valence-corrected chi connectivity index (χ0v) is 17.4. The number of hydrogen-bond acceptors (Lipinski definition) is 4. The topological polar surface area (TPSA) is 88.5 Å². The molecule has 1 aliphatic rings. The van der Waals surface area contributed by atoms with Crippen LogP contribution in [0.3, 0.4) is 0 Å². The van der Waals surface area contributed by atoms with E-state index in [0.717, 1.165) is 6.42 Å². The lowest BCUT2D eigenvalue weighted by Gasteiger charge is -2.31. The molecule has 0 bridgehead atoms. The molecule has 0 aliphatic carbocycles. The summed E-state index contributed by atoms with van der Waals surface area (Å²) in [5.74, 6) is 0.678. The molecular formula is C21H29N5O3. The molecule has 2 aromatic rings. The van der Waals surface area contributed by atoms with Gasteiger partial charge in [0.2, 0.25) is 5.91 Å². The Morgan fingerprint density at radius 1 is 1.34 bits per heavy atom. The number of anilines is 2. The first-order valence-corrected chi connectivity index (χ1v) is 9.79. The van der Waals surface area contributed by atoms with Gasteiger partial charge in [-0.3, -0.25) is 4.79 Å². The molecule has 1 aromatic heterocycles. The fraction of sp³-hybridized carbons (Fsp3) is 0.476. The fourth-order valence-electron chi connectivity index (χ4n) is 3.35. The van der Waals surface area contributed by atoms with E-state index in [0.29, 0.717) is 36.6 Å². The zero-order chi connectivity index (χ0) is 21.0. The van der Waals surface area contributed by atoms with Gasteiger partial charge in [0, 0.05) is 37.6 Å². The number of methoxy groups -OCH3 is 1. The Kier molecular flexibility index (Phi) is 6.10. The average Bonchev–Trinajstić information content (AvgIpc) is 3.32. The normalized spacial score (nSPS) is 15.3. The Labute approximate surface area is 171 Å². The van der Waals surface area contributed by atoms with Crippen molar-refractivity contribution in [3.63, 3.8) is 0 Å². The van der Waals surface area contributed by atoms with E-state index in [-0.39, 0.29) is 23.4 Å². The molecule has 1 atom stereocenters. The minimum absolute atomic E-state index is 0.0676. The number of benzene rings is 1. The van der Waals surface area contributed by atoms with Crippen LogP contribution in [0.5, 0.6) is 5.75 Å². The summed E-state index contributed by atoms with van der Waals surface area (Å²) in [7, 11) is 1.57. The van der Waals surface area contributed by atoms with E-state index in [4.69, 9.17) is 4.74 Å². The number of rotatable bonds is 6. The third-order valence-electron chi connectivity index (χ3n) is 5.10. The van der Waals surface area contributed by atoms with E-state index in [1.54, 1.807) is 42.7 Å². The Bertz CT molecular complexity index is 858. The van der Waals surface area contributed by atoms with E-state index < -0.39 is 0 Å². The largest absolute Gasteiger partial charge is 0.495 e. The zero-order valence-electron chi connectivity index (χ0n) is 17.4. The Balaban J connectivity index is 1.73. The van der Waals surface area contributed by atoms with Crippen LogP contribution in [0.15, 0.2) is 36.9 Å². The summed E-state index contributed by atoms with van der Waals surface area (Å²) in [5.41, 5.74) is 1.14. The van der Waals surface area contributed by atoms with E-state index >= 15 is 0 Å². The quantitative estimate of drug-likeness (QED) is 0.780. The molecule has 1 aromatic carbocycles. The highest BCUT2D eigenvalue weighted by atomic mass is 16.5. The lowest BCUT2D eigenvalue weighted by molar-refractivity contribution is -0.117. The van der Waals surface area contributed by atoms with Crippen LogP contribution >= 0.6 is 0 Å². The van der Waals surface area contributed by atoms with Gasteiger partial charge in [0.15, 0.2) is 0 Å². The Hall–Kier alpha value is -3.03. The monoisotopic (exact) mass is 399 g/mol. The van der Waals surface area contributed by atoms with Gasteiger partial charge in [-0.25, -0.2) is 9.78 Å². The number of hydrogen-bond donors (Lipinski definition) is 2. The van der Waals surface area contributed by atoms with Crippen molar-refractivity contribution in [3.8, 4) is 5.75 Å². The smallest absolute Gasteiger partial charge is 0.319 e. The van der Waals surface area contributed by atoms with E-state index in [9.17, 15) is 9.59 Å². The van der Waals surface area contributed by atoms with Gasteiger partial charge in [-0.1, -0.05) is 20.8 Å². The van der Waals surface area contributed by atoms with Crippen molar-refractivity contribution in [1.29, 1.82) is 0 Å². The van der Waals surface area contributed by atoms with Gasteiger partial charge in [-0.05, 0) is 30.0 Å². The number of urea groups is 1. The van der Waals surface area contributed by atoms with Gasteiger partial charge >= 0.3 is 6.03 Å². The van der Waals surface area contributed by atoms with Crippen LogP contribution in [-0.2, 0) is 11.3 Å². The summed E-state index contributed by atoms with van der Waals surface area (Å²) in [5, 5.41) is 5.95. The summed E-state index contributed by atoms with van der Waals surface area (Å²) in [6.07, 6.45) is 6.69. The number of carbonyl (C=O) groups excluding carboxylic acids is 2. The maximum absolute atomic E-state index is 12.7. The SMILES string of the molecule is COc1ccc(NC(=O)N[C@H](Cn2ccnc2)C(C)(C)C)cc1N1CCCC1=O. The van der Waals surface area contributed by atoms with Gasteiger partial charge in [-0.2, -0.15) is 0 Å². The van der Waals surface area contributed by atoms with Crippen LogP contribution in [0.1, 0.15) is 33.6 Å². The third kappa shape index (κ3) is 5.07. The van der Waals surface area contributed by atoms with E-state index in [2.05, 4.69) is 36.4 Å². The molecule has 2 heterocycles. The molecule has 0 unspecified atom stereocenters. The fourth-order valence-corrected chi connectivity index (χ4v) is 3.35. The lowest BCUT2D eigenvalue weighted by Crippen LogP contribution is -2.47. The molecule has 0 spiro atoms. The highest BCUT2D eigenvalue weighted by molar-refractivity contribution is 5.98. The second-order valence-corrected chi connectivity index (χ2v) is 8.31. The molecule has 8 heteroatoms. The summed E-state index contributed by atoms with van der Waals surface area (Å²) < 4.78 is 7.35. The van der Waals surface area contributed by atoms with Gasteiger partial charge in [0.1, 0.15) is 5.75 Å². The highest BCUT2D eigenvalue weighted by Gasteiger charge is 2.27. The summed E-state index contributed by atoms with van der Waals surface area (Å²) in [6, 6.07) is 4.92. The summed E-state index contributed by atoms with van der Waals surface area (Å²) in [6.45, 7) is 7.52. The standard InChI is InChI=1S/C21H29N5O3/c1-21(2,3)18(13-25-11-9-22-14-25)24-20(28)23-15-7-8-17(29-4)16(12-15)26-10-5-6-19(26)27/h7-9,11-12,14,18H,5-6,10,13H2,1-4H3,(H2,23,24,28)/t18-/m1/s1. The summed E-state index contributed by atoms with van der Waals surface area (Å²) in [4.78, 5) is 30.6. The second-order valence-electron chi connectivity index (χ2n) is 8.31. The molecule has 3 amide bonds. The first-order valence-electron chi connectivity index (χ1n) is 9.79. The van der Waals surface area contributed by atoms with Crippen LogP contribution in [-0.4, -0.2) is 41.2 Å².